The molecule has 2 N–H and O–H groups in total. The molecule has 0 fully saturated rings. The lowest BCUT2D eigenvalue weighted by Gasteiger charge is -2.08. The number of carbonyl (C=O) groups is 1. The monoisotopic (exact) mass is 386 g/mol. The normalized spacial score (nSPS) is 10.4. The fraction of sp³-hybridized carbons (Fsp3) is 0.105. The fourth-order valence-corrected chi connectivity index (χ4v) is 2.52. The van der Waals surface area contributed by atoms with E-state index in [9.17, 15) is 4.79 Å². The predicted molar refractivity (Wildman–Crippen MR) is 104 cm³/mol. The molecular formula is C19H16Cl2N4O. The van der Waals surface area contributed by atoms with Crippen molar-refractivity contribution in [3.05, 3.63) is 82.1 Å². The number of anilines is 2. The molecular weight excluding hydrogens is 371 g/mol. The summed E-state index contributed by atoms with van der Waals surface area (Å²) in [4.78, 5) is 20.6. The van der Waals surface area contributed by atoms with Crippen LogP contribution in [0.3, 0.4) is 0 Å². The zero-order valence-electron chi connectivity index (χ0n) is 13.7. The Kier molecular flexibility index (Phi) is 6.04. The van der Waals surface area contributed by atoms with E-state index in [-0.39, 0.29) is 5.91 Å². The summed E-state index contributed by atoms with van der Waals surface area (Å²) >= 11 is 11.7. The molecule has 132 valence electrons. The van der Waals surface area contributed by atoms with Crippen molar-refractivity contribution >= 4 is 40.7 Å². The van der Waals surface area contributed by atoms with Gasteiger partial charge in [0.05, 0.1) is 0 Å². The van der Waals surface area contributed by atoms with E-state index in [4.69, 9.17) is 23.2 Å². The standard InChI is InChI=1S/C19H16Cl2N4O/c20-14-3-1-13(2-4-14)9-11-22-18(26)17-10-12-23-19(25-17)24-16-7-5-15(21)6-8-16/h1-8,10,12H,9,11H2,(H,22,26)(H,23,24,25). The van der Waals surface area contributed by atoms with Crippen molar-refractivity contribution in [1.29, 1.82) is 0 Å². The van der Waals surface area contributed by atoms with Crippen LogP contribution in [0.2, 0.25) is 10.0 Å². The van der Waals surface area contributed by atoms with Crippen LogP contribution < -0.4 is 10.6 Å². The van der Waals surface area contributed by atoms with E-state index in [1.807, 2.05) is 36.4 Å². The first-order valence-electron chi connectivity index (χ1n) is 7.98. The summed E-state index contributed by atoms with van der Waals surface area (Å²) < 4.78 is 0. The zero-order valence-corrected chi connectivity index (χ0v) is 15.3. The van der Waals surface area contributed by atoms with Crippen LogP contribution in [0, 0.1) is 0 Å². The SMILES string of the molecule is O=C(NCCc1ccc(Cl)cc1)c1ccnc(Nc2ccc(Cl)cc2)n1. The van der Waals surface area contributed by atoms with E-state index in [0.29, 0.717) is 34.7 Å². The highest BCUT2D eigenvalue weighted by atomic mass is 35.5. The van der Waals surface area contributed by atoms with Crippen molar-refractivity contribution < 1.29 is 4.79 Å². The molecule has 0 aliphatic heterocycles. The van der Waals surface area contributed by atoms with Crippen LogP contribution in [0.15, 0.2) is 60.8 Å². The third kappa shape index (κ3) is 5.18. The molecule has 1 aromatic heterocycles. The van der Waals surface area contributed by atoms with Crippen LogP contribution >= 0.6 is 23.2 Å². The topological polar surface area (TPSA) is 66.9 Å². The van der Waals surface area contributed by atoms with E-state index in [2.05, 4.69) is 20.6 Å². The van der Waals surface area contributed by atoms with Crippen molar-refractivity contribution in [2.24, 2.45) is 0 Å². The second kappa shape index (κ2) is 8.65. The minimum absolute atomic E-state index is 0.250. The van der Waals surface area contributed by atoms with Gasteiger partial charge in [-0.05, 0) is 54.4 Å². The molecule has 5 nitrogen and oxygen atoms in total. The Morgan fingerprint density at radius 3 is 2.27 bits per heavy atom. The summed E-state index contributed by atoms with van der Waals surface area (Å²) in [7, 11) is 0. The summed E-state index contributed by atoms with van der Waals surface area (Å²) in [6.45, 7) is 0.504. The van der Waals surface area contributed by atoms with Gasteiger partial charge in [0.15, 0.2) is 0 Å². The van der Waals surface area contributed by atoms with Crippen molar-refractivity contribution in [2.45, 2.75) is 6.42 Å². The molecule has 0 aliphatic rings. The van der Waals surface area contributed by atoms with Gasteiger partial charge in [0.1, 0.15) is 5.69 Å². The van der Waals surface area contributed by atoms with Gasteiger partial charge in [0.2, 0.25) is 5.95 Å². The van der Waals surface area contributed by atoms with E-state index in [1.54, 1.807) is 24.4 Å². The number of nitrogens with one attached hydrogen (secondary N) is 2. The fourth-order valence-electron chi connectivity index (χ4n) is 2.27. The number of rotatable bonds is 6. The molecule has 2 aromatic carbocycles. The maximum Gasteiger partial charge on any atom is 0.270 e. The van der Waals surface area contributed by atoms with Crippen LogP contribution in [0.25, 0.3) is 0 Å². The largest absolute Gasteiger partial charge is 0.350 e. The Bertz CT molecular complexity index is 883. The van der Waals surface area contributed by atoms with Crippen LogP contribution in [0.1, 0.15) is 16.1 Å². The number of amides is 1. The highest BCUT2D eigenvalue weighted by molar-refractivity contribution is 6.30. The molecule has 0 saturated carbocycles. The lowest BCUT2D eigenvalue weighted by atomic mass is 10.1. The van der Waals surface area contributed by atoms with Gasteiger partial charge < -0.3 is 10.6 Å². The molecule has 0 atom stereocenters. The maximum atomic E-state index is 12.3. The Hall–Kier alpha value is -2.63. The molecule has 0 aliphatic carbocycles. The average molecular weight is 387 g/mol. The second-order valence-electron chi connectivity index (χ2n) is 5.53. The van der Waals surface area contributed by atoms with Crippen LogP contribution in [-0.4, -0.2) is 22.4 Å². The van der Waals surface area contributed by atoms with E-state index in [0.717, 1.165) is 11.3 Å². The molecule has 1 amide bonds. The van der Waals surface area contributed by atoms with E-state index < -0.39 is 0 Å². The van der Waals surface area contributed by atoms with Crippen molar-refractivity contribution in [1.82, 2.24) is 15.3 Å². The van der Waals surface area contributed by atoms with E-state index in [1.165, 1.54) is 0 Å². The second-order valence-corrected chi connectivity index (χ2v) is 6.40. The number of nitrogens with zero attached hydrogens (tertiary/aromatic N) is 2. The molecule has 3 rings (SSSR count). The minimum atomic E-state index is -0.250. The maximum absolute atomic E-state index is 12.3. The molecule has 26 heavy (non-hydrogen) atoms. The predicted octanol–water partition coefficient (Wildman–Crippen LogP) is 4.50. The molecule has 0 saturated heterocycles. The summed E-state index contributed by atoms with van der Waals surface area (Å²) in [5.41, 5.74) is 2.18. The number of carbonyl (C=O) groups excluding carboxylic acids is 1. The highest BCUT2D eigenvalue weighted by Gasteiger charge is 2.08. The van der Waals surface area contributed by atoms with E-state index >= 15 is 0 Å². The molecule has 1 heterocycles. The van der Waals surface area contributed by atoms with Crippen molar-refractivity contribution in [3.8, 4) is 0 Å². The molecule has 0 spiro atoms. The Morgan fingerprint density at radius 2 is 1.58 bits per heavy atom. The van der Waals surface area contributed by atoms with Crippen LogP contribution in [-0.2, 0) is 6.42 Å². The van der Waals surface area contributed by atoms with Gasteiger partial charge in [-0.3, -0.25) is 4.79 Å². The average Bonchev–Trinajstić information content (AvgIpc) is 2.65. The number of aromatic nitrogens is 2. The van der Waals surface area contributed by atoms with Crippen LogP contribution in [0.4, 0.5) is 11.6 Å². The number of halogens is 2. The quantitative estimate of drug-likeness (QED) is 0.654. The number of benzene rings is 2. The van der Waals surface area contributed by atoms with Crippen molar-refractivity contribution in [2.75, 3.05) is 11.9 Å². The van der Waals surface area contributed by atoms with Gasteiger partial charge in [-0.25, -0.2) is 9.97 Å². The van der Waals surface area contributed by atoms with Gasteiger partial charge >= 0.3 is 0 Å². The summed E-state index contributed by atoms with van der Waals surface area (Å²) in [5.74, 6) is 0.0955. The molecule has 0 radical (unpaired) electrons. The summed E-state index contributed by atoms with van der Waals surface area (Å²) in [6.07, 6.45) is 2.25. The number of hydrogen-bond donors (Lipinski definition) is 2. The first kappa shape index (κ1) is 18.2. The molecule has 0 unspecified atom stereocenters. The minimum Gasteiger partial charge on any atom is -0.350 e. The lowest BCUT2D eigenvalue weighted by Crippen LogP contribution is -2.26. The first-order chi connectivity index (χ1) is 12.6. The Balaban J connectivity index is 1.57. The Morgan fingerprint density at radius 1 is 0.923 bits per heavy atom. The molecule has 7 heteroatoms. The zero-order chi connectivity index (χ0) is 18.4. The van der Waals surface area contributed by atoms with Gasteiger partial charge in [0, 0.05) is 28.5 Å². The molecule has 3 aromatic rings. The van der Waals surface area contributed by atoms with Gasteiger partial charge in [-0.1, -0.05) is 35.3 Å². The van der Waals surface area contributed by atoms with Gasteiger partial charge in [-0.2, -0.15) is 0 Å². The third-order valence-corrected chi connectivity index (χ3v) is 4.11. The van der Waals surface area contributed by atoms with Crippen molar-refractivity contribution in [3.63, 3.8) is 0 Å². The lowest BCUT2D eigenvalue weighted by molar-refractivity contribution is 0.0949. The number of hydrogen-bond acceptors (Lipinski definition) is 4. The molecule has 0 bridgehead atoms. The van der Waals surface area contributed by atoms with Gasteiger partial charge in [0.25, 0.3) is 5.91 Å². The third-order valence-electron chi connectivity index (χ3n) is 3.60. The summed E-state index contributed by atoms with van der Waals surface area (Å²) in [5, 5.41) is 7.23. The Labute approximate surface area is 161 Å². The van der Waals surface area contributed by atoms with Gasteiger partial charge in [-0.15, -0.1) is 0 Å². The highest BCUT2D eigenvalue weighted by Crippen LogP contribution is 2.16. The summed E-state index contributed by atoms with van der Waals surface area (Å²) in [6, 6.07) is 16.3. The first-order valence-corrected chi connectivity index (χ1v) is 8.74. The van der Waals surface area contributed by atoms with Crippen LogP contribution in [0.5, 0.6) is 0 Å². The smallest absolute Gasteiger partial charge is 0.270 e.